The van der Waals surface area contributed by atoms with Gasteiger partial charge < -0.3 is 10.1 Å². The molecule has 1 saturated heterocycles. The first-order valence-electron chi connectivity index (χ1n) is 8.60. The minimum Gasteiger partial charge on any atom is -0.380 e. The average Bonchev–Trinajstić information content (AvgIpc) is 2.54. The second-order valence-corrected chi connectivity index (χ2v) is 8.17. The summed E-state index contributed by atoms with van der Waals surface area (Å²) in [7, 11) is -3.15. The summed E-state index contributed by atoms with van der Waals surface area (Å²) < 4.78 is 29.7. The summed E-state index contributed by atoms with van der Waals surface area (Å²) in [5.74, 6) is 0.191. The van der Waals surface area contributed by atoms with Gasteiger partial charge in [0.05, 0.1) is 17.3 Å². The number of hydrogen-bond donors (Lipinski definition) is 1. The molecular formula is C18H31NO3S. The van der Waals surface area contributed by atoms with Crippen molar-refractivity contribution in [2.75, 3.05) is 25.5 Å². The Morgan fingerprint density at radius 1 is 1.22 bits per heavy atom. The molecular weight excluding hydrogens is 310 g/mol. The van der Waals surface area contributed by atoms with Crippen molar-refractivity contribution < 1.29 is 13.2 Å². The lowest BCUT2D eigenvalue weighted by Crippen LogP contribution is -2.37. The molecule has 0 spiro atoms. The number of nitrogens with one attached hydrogen (secondary N) is 1. The van der Waals surface area contributed by atoms with Crippen molar-refractivity contribution in [2.24, 2.45) is 0 Å². The van der Waals surface area contributed by atoms with Crippen molar-refractivity contribution in [3.05, 3.63) is 29.8 Å². The zero-order chi connectivity index (χ0) is 17.1. The Labute approximate surface area is 141 Å². The molecule has 1 heterocycles. The molecule has 0 aliphatic carbocycles. The maximum Gasteiger partial charge on any atom is 0.178 e. The van der Waals surface area contributed by atoms with E-state index in [1.807, 2.05) is 19.1 Å². The van der Waals surface area contributed by atoms with Gasteiger partial charge >= 0.3 is 0 Å². The summed E-state index contributed by atoms with van der Waals surface area (Å²) in [6, 6.07) is 7.43. The number of rotatable bonds is 6. The van der Waals surface area contributed by atoms with Gasteiger partial charge in [-0.3, -0.25) is 0 Å². The van der Waals surface area contributed by atoms with Crippen LogP contribution in [0.1, 0.15) is 45.1 Å². The minimum absolute atomic E-state index is 0.191. The molecule has 5 heteroatoms. The fraction of sp³-hybridized carbons (Fsp3) is 0.667. The monoisotopic (exact) mass is 341 g/mol. The number of sulfone groups is 1. The molecule has 1 aliphatic heterocycles. The van der Waals surface area contributed by atoms with Crippen LogP contribution < -0.4 is 5.32 Å². The van der Waals surface area contributed by atoms with Crippen molar-refractivity contribution in [3.63, 3.8) is 0 Å². The molecule has 0 bridgehead atoms. The Bertz CT molecular complexity index is 520. The zero-order valence-corrected chi connectivity index (χ0v) is 15.5. The van der Waals surface area contributed by atoms with Gasteiger partial charge in [-0.1, -0.05) is 38.0 Å². The topological polar surface area (TPSA) is 55.4 Å². The molecule has 1 aromatic carbocycles. The van der Waals surface area contributed by atoms with Crippen LogP contribution in [0.4, 0.5) is 0 Å². The van der Waals surface area contributed by atoms with Crippen LogP contribution in [-0.2, 0) is 14.6 Å². The van der Waals surface area contributed by atoms with Gasteiger partial charge in [0.15, 0.2) is 9.84 Å². The smallest absolute Gasteiger partial charge is 0.178 e. The van der Waals surface area contributed by atoms with E-state index in [2.05, 4.69) is 19.2 Å². The summed E-state index contributed by atoms with van der Waals surface area (Å²) in [6.07, 6.45) is 4.08. The summed E-state index contributed by atoms with van der Waals surface area (Å²) in [4.78, 5) is 0.420. The fourth-order valence-electron chi connectivity index (χ4n) is 2.33. The van der Waals surface area contributed by atoms with E-state index in [9.17, 15) is 8.42 Å². The second-order valence-electron chi connectivity index (χ2n) is 6.06. The lowest BCUT2D eigenvalue weighted by atomic mass is 10.1. The van der Waals surface area contributed by atoms with E-state index in [0.29, 0.717) is 17.4 Å². The molecule has 1 aliphatic rings. The van der Waals surface area contributed by atoms with Crippen LogP contribution in [0, 0.1) is 6.92 Å². The van der Waals surface area contributed by atoms with Crippen molar-refractivity contribution in [3.8, 4) is 0 Å². The van der Waals surface area contributed by atoms with Gasteiger partial charge in [-0.2, -0.15) is 0 Å². The highest BCUT2D eigenvalue weighted by atomic mass is 32.2. The van der Waals surface area contributed by atoms with E-state index >= 15 is 0 Å². The van der Waals surface area contributed by atoms with Gasteiger partial charge in [0.2, 0.25) is 0 Å². The highest BCUT2D eigenvalue weighted by Gasteiger charge is 2.15. The Morgan fingerprint density at radius 3 is 2.43 bits per heavy atom. The fourth-order valence-corrected chi connectivity index (χ4v) is 3.64. The highest BCUT2D eigenvalue weighted by molar-refractivity contribution is 7.91. The zero-order valence-electron chi connectivity index (χ0n) is 14.7. The van der Waals surface area contributed by atoms with Crippen LogP contribution in [0.5, 0.6) is 0 Å². The number of hydrogen-bond acceptors (Lipinski definition) is 4. The molecule has 0 saturated carbocycles. The van der Waals surface area contributed by atoms with Gasteiger partial charge in [-0.25, -0.2) is 8.42 Å². The van der Waals surface area contributed by atoms with Crippen LogP contribution in [0.3, 0.4) is 0 Å². The van der Waals surface area contributed by atoms with E-state index < -0.39 is 9.84 Å². The number of aryl methyl sites for hydroxylation is 1. The molecule has 2 rings (SSSR count). The Kier molecular flexibility index (Phi) is 9.44. The first kappa shape index (κ1) is 20.1. The van der Waals surface area contributed by atoms with Gasteiger partial charge in [0.25, 0.3) is 0 Å². The number of benzene rings is 1. The van der Waals surface area contributed by atoms with Gasteiger partial charge in [0, 0.05) is 12.6 Å². The molecule has 1 atom stereocenters. The largest absolute Gasteiger partial charge is 0.380 e. The number of ether oxygens (including phenoxy) is 1. The minimum atomic E-state index is -3.15. The van der Waals surface area contributed by atoms with Crippen LogP contribution in [-0.4, -0.2) is 40.0 Å². The normalized spacial score (nSPS) is 18.1. The molecule has 4 nitrogen and oxygen atoms in total. The third-order valence-electron chi connectivity index (χ3n) is 3.56. The standard InChI is InChI=1S/C15H23NO3S.C3H8/c1-13-5-7-15(8-6-13)20(17,18)11-3-9-16-14-4-2-10-19-12-14;1-3-2/h5-8,14,16H,2-4,9-12H2,1H3;3H2,1-2H3. The molecule has 1 fully saturated rings. The second kappa shape index (κ2) is 10.8. The molecule has 132 valence electrons. The van der Waals surface area contributed by atoms with Gasteiger partial charge in [0.1, 0.15) is 0 Å². The van der Waals surface area contributed by atoms with E-state index in [1.54, 1.807) is 12.1 Å². The third-order valence-corrected chi connectivity index (χ3v) is 5.38. The molecule has 23 heavy (non-hydrogen) atoms. The molecule has 1 unspecified atom stereocenters. The van der Waals surface area contributed by atoms with E-state index in [-0.39, 0.29) is 5.75 Å². The molecule has 0 aromatic heterocycles. The lowest BCUT2D eigenvalue weighted by molar-refractivity contribution is 0.0706. The van der Waals surface area contributed by atoms with Crippen molar-refractivity contribution in [1.29, 1.82) is 0 Å². The van der Waals surface area contributed by atoms with Crippen LogP contribution >= 0.6 is 0 Å². The van der Waals surface area contributed by atoms with Crippen molar-refractivity contribution in [2.45, 2.75) is 57.4 Å². The molecule has 0 amide bonds. The Hall–Kier alpha value is -0.910. The van der Waals surface area contributed by atoms with E-state index in [4.69, 9.17) is 4.74 Å². The molecule has 1 aromatic rings. The summed E-state index contributed by atoms with van der Waals surface area (Å²) in [5, 5.41) is 3.37. The average molecular weight is 342 g/mol. The maximum absolute atomic E-state index is 12.1. The molecule has 1 N–H and O–H groups in total. The van der Waals surface area contributed by atoms with Crippen LogP contribution in [0.15, 0.2) is 29.2 Å². The first-order chi connectivity index (χ1) is 11.0. The van der Waals surface area contributed by atoms with Gasteiger partial charge in [-0.15, -0.1) is 0 Å². The quantitative estimate of drug-likeness (QED) is 0.806. The highest BCUT2D eigenvalue weighted by Crippen LogP contribution is 2.13. The SMILES string of the molecule is CCC.Cc1ccc(S(=O)(=O)CCCNC2CCCOC2)cc1. The maximum atomic E-state index is 12.1. The summed E-state index contributed by atoms with van der Waals surface area (Å²) in [6.45, 7) is 8.51. The summed E-state index contributed by atoms with van der Waals surface area (Å²) >= 11 is 0. The first-order valence-corrected chi connectivity index (χ1v) is 10.3. The predicted octanol–water partition coefficient (Wildman–Crippen LogP) is 3.34. The predicted molar refractivity (Wildman–Crippen MR) is 95.7 cm³/mol. The van der Waals surface area contributed by atoms with Crippen LogP contribution in [0.2, 0.25) is 0 Å². The third kappa shape index (κ3) is 7.95. The lowest BCUT2D eigenvalue weighted by Gasteiger charge is -2.23. The van der Waals surface area contributed by atoms with E-state index in [1.165, 1.54) is 6.42 Å². The Morgan fingerprint density at radius 2 is 1.87 bits per heavy atom. The Balaban J connectivity index is 0.000000816. The van der Waals surface area contributed by atoms with Crippen molar-refractivity contribution in [1.82, 2.24) is 5.32 Å². The van der Waals surface area contributed by atoms with Gasteiger partial charge in [-0.05, 0) is 44.9 Å². The van der Waals surface area contributed by atoms with Crippen molar-refractivity contribution >= 4 is 9.84 Å². The van der Waals surface area contributed by atoms with E-state index in [0.717, 1.165) is 38.2 Å². The van der Waals surface area contributed by atoms with Crippen LogP contribution in [0.25, 0.3) is 0 Å². The molecule has 0 radical (unpaired) electrons. The summed E-state index contributed by atoms with van der Waals surface area (Å²) in [5.41, 5.74) is 1.07.